The number of aryl methyl sites for hydroxylation is 1. The molecule has 0 aliphatic carbocycles. The molecule has 4 heteroatoms. The minimum Gasteiger partial charge on any atom is -0.396 e. The highest BCUT2D eigenvalue weighted by Gasteiger charge is 2.13. The second kappa shape index (κ2) is 4.46. The van der Waals surface area contributed by atoms with Crippen molar-refractivity contribution in [2.24, 2.45) is 5.92 Å². The van der Waals surface area contributed by atoms with Gasteiger partial charge < -0.3 is 10.5 Å². The van der Waals surface area contributed by atoms with Crippen molar-refractivity contribution < 1.29 is 4.74 Å². The Morgan fingerprint density at radius 3 is 2.57 bits per heavy atom. The molecule has 1 atom stereocenters. The molecule has 1 aromatic rings. The van der Waals surface area contributed by atoms with Crippen molar-refractivity contribution in [2.45, 2.75) is 33.4 Å². The van der Waals surface area contributed by atoms with Crippen LogP contribution < -0.4 is 5.73 Å². The third-order valence-electron chi connectivity index (χ3n) is 2.40. The molecule has 1 unspecified atom stereocenters. The maximum absolute atomic E-state index is 5.71. The number of aromatic nitrogens is 2. The first-order chi connectivity index (χ1) is 6.54. The average Bonchev–Trinajstić information content (AvgIpc) is 2.41. The van der Waals surface area contributed by atoms with Crippen molar-refractivity contribution in [1.82, 2.24) is 9.78 Å². The highest BCUT2D eigenvalue weighted by molar-refractivity contribution is 5.39. The Balaban J connectivity index is 2.67. The second-order valence-corrected chi connectivity index (χ2v) is 3.91. The summed E-state index contributed by atoms with van der Waals surface area (Å²) in [4.78, 5) is 0. The van der Waals surface area contributed by atoms with E-state index in [4.69, 9.17) is 10.5 Å². The Labute approximate surface area is 85.0 Å². The van der Waals surface area contributed by atoms with Crippen molar-refractivity contribution in [3.63, 3.8) is 0 Å². The van der Waals surface area contributed by atoms with Gasteiger partial charge in [-0.25, -0.2) is 0 Å². The van der Waals surface area contributed by atoms with Gasteiger partial charge in [-0.05, 0) is 12.8 Å². The van der Waals surface area contributed by atoms with Gasteiger partial charge in [-0.3, -0.25) is 4.68 Å². The number of anilines is 1. The number of nitrogens with zero attached hydrogens (tertiary/aromatic N) is 2. The molecule has 14 heavy (non-hydrogen) atoms. The summed E-state index contributed by atoms with van der Waals surface area (Å²) in [6, 6.07) is 0. The van der Waals surface area contributed by atoms with Crippen molar-refractivity contribution in [2.75, 3.05) is 12.8 Å². The molecule has 0 bridgehead atoms. The predicted molar refractivity (Wildman–Crippen MR) is 57.0 cm³/mol. The molecule has 0 saturated heterocycles. The maximum atomic E-state index is 5.71. The normalized spacial score (nSPS) is 13.5. The quantitative estimate of drug-likeness (QED) is 0.794. The van der Waals surface area contributed by atoms with Crippen LogP contribution in [-0.4, -0.2) is 23.0 Å². The fourth-order valence-corrected chi connectivity index (χ4v) is 1.37. The fraction of sp³-hybridized carbons (Fsp3) is 0.700. The van der Waals surface area contributed by atoms with E-state index in [9.17, 15) is 0 Å². The van der Waals surface area contributed by atoms with Gasteiger partial charge in [-0.15, -0.1) is 0 Å². The molecule has 0 radical (unpaired) electrons. The Morgan fingerprint density at radius 2 is 2.21 bits per heavy atom. The zero-order chi connectivity index (χ0) is 10.7. The van der Waals surface area contributed by atoms with Gasteiger partial charge in [0.15, 0.2) is 0 Å². The second-order valence-electron chi connectivity index (χ2n) is 3.91. The highest BCUT2D eigenvalue weighted by atomic mass is 16.5. The summed E-state index contributed by atoms with van der Waals surface area (Å²) < 4.78 is 7.21. The van der Waals surface area contributed by atoms with Crippen LogP contribution in [0.1, 0.15) is 19.5 Å². The fourth-order valence-electron chi connectivity index (χ4n) is 1.37. The number of hydrogen-bond acceptors (Lipinski definition) is 3. The number of rotatable bonds is 4. The molecular formula is C10H19N3O. The van der Waals surface area contributed by atoms with Crippen molar-refractivity contribution >= 4 is 5.69 Å². The molecule has 2 N–H and O–H groups in total. The molecule has 0 aliphatic heterocycles. The molecule has 4 nitrogen and oxygen atoms in total. The van der Waals surface area contributed by atoms with Gasteiger partial charge in [0, 0.05) is 13.3 Å². The standard InChI is InChI=1S/C10H19N3O/c1-7(2)10(14-4)6-13-5-9(11)8(3)12-13/h5,7,10H,6,11H2,1-4H3. The van der Waals surface area contributed by atoms with Gasteiger partial charge in [-0.2, -0.15) is 5.10 Å². The van der Waals surface area contributed by atoms with E-state index in [-0.39, 0.29) is 6.10 Å². The first kappa shape index (κ1) is 11.0. The number of ether oxygens (including phenoxy) is 1. The lowest BCUT2D eigenvalue weighted by molar-refractivity contribution is 0.0482. The van der Waals surface area contributed by atoms with Crippen molar-refractivity contribution in [3.8, 4) is 0 Å². The predicted octanol–water partition coefficient (Wildman–Crippen LogP) is 1.44. The van der Waals surface area contributed by atoms with Gasteiger partial charge in [0.05, 0.1) is 24.0 Å². The van der Waals surface area contributed by atoms with E-state index in [0.717, 1.165) is 17.9 Å². The molecule has 80 valence electrons. The van der Waals surface area contributed by atoms with Gasteiger partial charge in [0.2, 0.25) is 0 Å². The van der Waals surface area contributed by atoms with Gasteiger partial charge in [0.1, 0.15) is 0 Å². The molecule has 1 rings (SSSR count). The van der Waals surface area contributed by atoms with E-state index < -0.39 is 0 Å². The summed E-state index contributed by atoms with van der Waals surface area (Å²) in [7, 11) is 1.73. The van der Waals surface area contributed by atoms with Gasteiger partial charge in [-0.1, -0.05) is 13.8 Å². The zero-order valence-corrected chi connectivity index (χ0v) is 9.32. The molecular weight excluding hydrogens is 178 g/mol. The SMILES string of the molecule is COC(Cn1cc(N)c(C)n1)C(C)C. The van der Waals surface area contributed by atoms with Gasteiger partial charge in [0.25, 0.3) is 0 Å². The summed E-state index contributed by atoms with van der Waals surface area (Å²) in [6.07, 6.45) is 2.04. The minimum absolute atomic E-state index is 0.189. The lowest BCUT2D eigenvalue weighted by atomic mass is 10.1. The van der Waals surface area contributed by atoms with E-state index in [1.165, 1.54) is 0 Å². The molecule has 1 heterocycles. The van der Waals surface area contributed by atoms with Crippen LogP contribution in [0.3, 0.4) is 0 Å². The van der Waals surface area contributed by atoms with Crippen LogP contribution in [0.4, 0.5) is 5.69 Å². The smallest absolute Gasteiger partial charge is 0.0822 e. The van der Waals surface area contributed by atoms with Crippen molar-refractivity contribution in [3.05, 3.63) is 11.9 Å². The van der Waals surface area contributed by atoms with Crippen LogP contribution in [0, 0.1) is 12.8 Å². The van der Waals surface area contributed by atoms with Crippen LogP contribution in [0.25, 0.3) is 0 Å². The lowest BCUT2D eigenvalue weighted by Gasteiger charge is -2.18. The molecule has 0 aromatic carbocycles. The van der Waals surface area contributed by atoms with E-state index >= 15 is 0 Å². The number of nitrogens with two attached hydrogens (primary N) is 1. The monoisotopic (exact) mass is 197 g/mol. The average molecular weight is 197 g/mol. The van der Waals surface area contributed by atoms with Crippen molar-refractivity contribution in [1.29, 1.82) is 0 Å². The van der Waals surface area contributed by atoms with Crippen LogP contribution in [0.5, 0.6) is 0 Å². The Kier molecular flexibility index (Phi) is 3.52. The van der Waals surface area contributed by atoms with Crippen LogP contribution in [0.15, 0.2) is 6.20 Å². The first-order valence-corrected chi connectivity index (χ1v) is 4.87. The molecule has 0 spiro atoms. The molecule has 0 aliphatic rings. The van der Waals surface area contributed by atoms with E-state index in [1.54, 1.807) is 7.11 Å². The third-order valence-corrected chi connectivity index (χ3v) is 2.40. The molecule has 0 amide bonds. The molecule has 1 aromatic heterocycles. The highest BCUT2D eigenvalue weighted by Crippen LogP contribution is 2.11. The Morgan fingerprint density at radius 1 is 1.57 bits per heavy atom. The first-order valence-electron chi connectivity index (χ1n) is 4.87. The largest absolute Gasteiger partial charge is 0.396 e. The topological polar surface area (TPSA) is 53.1 Å². The summed E-state index contributed by atoms with van der Waals surface area (Å²) in [5.41, 5.74) is 7.33. The van der Waals surface area contributed by atoms with Crippen LogP contribution in [0.2, 0.25) is 0 Å². The summed E-state index contributed by atoms with van der Waals surface area (Å²) in [5.74, 6) is 0.478. The van der Waals surface area contributed by atoms with E-state index in [0.29, 0.717) is 5.92 Å². The molecule has 0 saturated carbocycles. The number of nitrogen functional groups attached to an aromatic ring is 1. The number of methoxy groups -OCH3 is 1. The van der Waals surface area contributed by atoms with Crippen LogP contribution in [-0.2, 0) is 11.3 Å². The Bertz CT molecular complexity index is 274. The summed E-state index contributed by atoms with van der Waals surface area (Å²) in [6.45, 7) is 6.93. The van der Waals surface area contributed by atoms with Gasteiger partial charge >= 0.3 is 0 Å². The minimum atomic E-state index is 0.189. The third kappa shape index (κ3) is 2.48. The van der Waals surface area contributed by atoms with E-state index in [2.05, 4.69) is 18.9 Å². The maximum Gasteiger partial charge on any atom is 0.0822 e. The van der Waals surface area contributed by atoms with Crippen LogP contribution >= 0.6 is 0 Å². The number of hydrogen-bond donors (Lipinski definition) is 1. The lowest BCUT2D eigenvalue weighted by Crippen LogP contribution is -2.24. The molecule has 0 fully saturated rings. The van der Waals surface area contributed by atoms with E-state index in [1.807, 2.05) is 17.8 Å². The zero-order valence-electron chi connectivity index (χ0n) is 9.32. The Hall–Kier alpha value is -1.03. The summed E-state index contributed by atoms with van der Waals surface area (Å²) >= 11 is 0. The summed E-state index contributed by atoms with van der Waals surface area (Å²) in [5, 5.41) is 4.29.